The molecule has 0 aliphatic heterocycles. The van der Waals surface area contributed by atoms with Crippen molar-refractivity contribution >= 4 is 34.6 Å². The zero-order valence-electron chi connectivity index (χ0n) is 16.4. The number of hydrogen-bond acceptors (Lipinski definition) is 4. The van der Waals surface area contributed by atoms with E-state index in [-0.39, 0.29) is 0 Å². The molecule has 0 aliphatic rings. The van der Waals surface area contributed by atoms with Crippen LogP contribution >= 0.6 is 23.2 Å². The molecule has 30 heavy (non-hydrogen) atoms. The Hall–Kier alpha value is -3.15. The van der Waals surface area contributed by atoms with Crippen molar-refractivity contribution in [3.05, 3.63) is 94.2 Å². The van der Waals surface area contributed by atoms with Gasteiger partial charge >= 0.3 is 0 Å². The first-order valence-electron chi connectivity index (χ1n) is 9.28. The van der Waals surface area contributed by atoms with E-state index in [2.05, 4.69) is 15.3 Å². The normalized spacial score (nSPS) is 11.2. The van der Waals surface area contributed by atoms with Gasteiger partial charge in [-0.3, -0.25) is 0 Å². The standard InChI is InChI=1S/C23H18Cl2N4O/c1-15-23(16(2)29(28-15)18-8-4-3-5-9-18)27-26-20-10-6-7-11-22(20)30-21-13-12-17(24)14-19(21)25/h3-14H,1-2H3. The average Bonchev–Trinajstić information content (AvgIpc) is 3.03. The largest absolute Gasteiger partial charge is 0.453 e. The molecule has 7 heteroatoms. The summed E-state index contributed by atoms with van der Waals surface area (Å²) in [5.41, 5.74) is 3.97. The van der Waals surface area contributed by atoms with Crippen LogP contribution in [0.1, 0.15) is 11.4 Å². The first kappa shape index (κ1) is 20.1. The lowest BCUT2D eigenvalue weighted by Crippen LogP contribution is -1.98. The molecule has 0 spiro atoms. The molecule has 3 aromatic carbocycles. The molecule has 0 bridgehead atoms. The summed E-state index contributed by atoms with van der Waals surface area (Å²) in [6.45, 7) is 3.88. The second-order valence-corrected chi connectivity index (χ2v) is 7.45. The molecular formula is C23H18Cl2N4O. The predicted octanol–water partition coefficient (Wildman–Crippen LogP) is 8.00. The van der Waals surface area contributed by atoms with E-state index in [0.29, 0.717) is 27.2 Å². The number of aromatic nitrogens is 2. The van der Waals surface area contributed by atoms with Crippen LogP contribution in [0.15, 0.2) is 83.0 Å². The van der Waals surface area contributed by atoms with Crippen LogP contribution in [-0.4, -0.2) is 9.78 Å². The highest BCUT2D eigenvalue weighted by Gasteiger charge is 2.13. The van der Waals surface area contributed by atoms with E-state index in [9.17, 15) is 0 Å². The molecule has 4 rings (SSSR count). The van der Waals surface area contributed by atoms with Crippen LogP contribution in [0, 0.1) is 13.8 Å². The van der Waals surface area contributed by atoms with E-state index in [1.807, 2.05) is 73.1 Å². The maximum atomic E-state index is 6.23. The van der Waals surface area contributed by atoms with Gasteiger partial charge in [0.25, 0.3) is 0 Å². The van der Waals surface area contributed by atoms with Gasteiger partial charge in [-0.05, 0) is 56.3 Å². The van der Waals surface area contributed by atoms with Gasteiger partial charge in [0, 0.05) is 5.02 Å². The maximum absolute atomic E-state index is 6.23. The van der Waals surface area contributed by atoms with Gasteiger partial charge in [0.1, 0.15) is 17.1 Å². The Morgan fingerprint density at radius 3 is 2.33 bits per heavy atom. The van der Waals surface area contributed by atoms with Crippen molar-refractivity contribution < 1.29 is 4.74 Å². The van der Waals surface area contributed by atoms with Gasteiger partial charge in [-0.15, -0.1) is 10.2 Å². The number of nitrogens with zero attached hydrogens (tertiary/aromatic N) is 4. The number of ether oxygens (including phenoxy) is 1. The third kappa shape index (κ3) is 4.22. The Labute approximate surface area is 184 Å². The molecule has 0 radical (unpaired) electrons. The number of halogens is 2. The Bertz CT molecular complexity index is 1220. The monoisotopic (exact) mass is 436 g/mol. The number of para-hydroxylation sites is 2. The van der Waals surface area contributed by atoms with E-state index >= 15 is 0 Å². The fraction of sp³-hybridized carbons (Fsp3) is 0.0870. The van der Waals surface area contributed by atoms with Crippen LogP contribution in [0.5, 0.6) is 11.5 Å². The lowest BCUT2D eigenvalue weighted by atomic mass is 10.3. The molecule has 0 unspecified atom stereocenters. The van der Waals surface area contributed by atoms with Crippen LogP contribution in [0.2, 0.25) is 10.0 Å². The molecule has 0 N–H and O–H groups in total. The molecule has 4 aromatic rings. The van der Waals surface area contributed by atoms with Crippen molar-refractivity contribution in [1.82, 2.24) is 9.78 Å². The summed E-state index contributed by atoms with van der Waals surface area (Å²) in [7, 11) is 0. The summed E-state index contributed by atoms with van der Waals surface area (Å²) >= 11 is 12.2. The highest BCUT2D eigenvalue weighted by Crippen LogP contribution is 2.37. The van der Waals surface area contributed by atoms with E-state index in [4.69, 9.17) is 27.9 Å². The molecule has 0 amide bonds. The smallest absolute Gasteiger partial charge is 0.155 e. The lowest BCUT2D eigenvalue weighted by molar-refractivity contribution is 0.484. The second-order valence-electron chi connectivity index (χ2n) is 6.61. The topological polar surface area (TPSA) is 51.8 Å². The van der Waals surface area contributed by atoms with Crippen LogP contribution < -0.4 is 4.74 Å². The summed E-state index contributed by atoms with van der Waals surface area (Å²) in [5.74, 6) is 1.03. The Kier molecular flexibility index (Phi) is 5.84. The average molecular weight is 437 g/mol. The molecular weight excluding hydrogens is 419 g/mol. The maximum Gasteiger partial charge on any atom is 0.155 e. The van der Waals surface area contributed by atoms with Crippen molar-refractivity contribution in [2.75, 3.05) is 0 Å². The van der Waals surface area contributed by atoms with Gasteiger partial charge in [0.2, 0.25) is 0 Å². The minimum Gasteiger partial charge on any atom is -0.453 e. The quantitative estimate of drug-likeness (QED) is 0.297. The fourth-order valence-electron chi connectivity index (χ4n) is 3.01. The van der Waals surface area contributed by atoms with Crippen molar-refractivity contribution in [1.29, 1.82) is 0 Å². The third-order valence-electron chi connectivity index (χ3n) is 4.49. The summed E-state index contributed by atoms with van der Waals surface area (Å²) < 4.78 is 7.81. The molecule has 150 valence electrons. The van der Waals surface area contributed by atoms with Crippen LogP contribution in [-0.2, 0) is 0 Å². The molecule has 0 fully saturated rings. The van der Waals surface area contributed by atoms with E-state index in [1.165, 1.54) is 0 Å². The van der Waals surface area contributed by atoms with Gasteiger partial charge in [-0.2, -0.15) is 5.10 Å². The van der Waals surface area contributed by atoms with Crippen molar-refractivity contribution in [2.45, 2.75) is 13.8 Å². The van der Waals surface area contributed by atoms with Crippen LogP contribution in [0.25, 0.3) is 5.69 Å². The van der Waals surface area contributed by atoms with Crippen LogP contribution in [0.4, 0.5) is 11.4 Å². The van der Waals surface area contributed by atoms with Crippen molar-refractivity contribution in [3.63, 3.8) is 0 Å². The SMILES string of the molecule is Cc1nn(-c2ccccc2)c(C)c1N=Nc1ccccc1Oc1ccc(Cl)cc1Cl. The minimum atomic E-state index is 0.421. The molecule has 1 aromatic heterocycles. The predicted molar refractivity (Wildman–Crippen MR) is 120 cm³/mol. The van der Waals surface area contributed by atoms with Crippen LogP contribution in [0.3, 0.4) is 0 Å². The summed E-state index contributed by atoms with van der Waals surface area (Å²) in [6, 6.07) is 22.4. The van der Waals surface area contributed by atoms with Gasteiger partial charge < -0.3 is 4.74 Å². The lowest BCUT2D eigenvalue weighted by Gasteiger charge is -2.09. The number of rotatable bonds is 5. The zero-order valence-corrected chi connectivity index (χ0v) is 17.9. The first-order chi connectivity index (χ1) is 14.5. The Morgan fingerprint density at radius 1 is 0.833 bits per heavy atom. The van der Waals surface area contributed by atoms with E-state index < -0.39 is 0 Å². The number of azo groups is 1. The first-order valence-corrected chi connectivity index (χ1v) is 10.0. The summed E-state index contributed by atoms with van der Waals surface area (Å²) in [4.78, 5) is 0. The Balaban J connectivity index is 1.65. The fourth-order valence-corrected chi connectivity index (χ4v) is 3.45. The number of benzene rings is 3. The van der Waals surface area contributed by atoms with E-state index in [0.717, 1.165) is 22.8 Å². The minimum absolute atomic E-state index is 0.421. The summed E-state index contributed by atoms with van der Waals surface area (Å²) in [5, 5.41) is 14.5. The Morgan fingerprint density at radius 2 is 1.57 bits per heavy atom. The molecule has 5 nitrogen and oxygen atoms in total. The second kappa shape index (κ2) is 8.69. The number of hydrogen-bond donors (Lipinski definition) is 0. The van der Waals surface area contributed by atoms with Crippen molar-refractivity contribution in [3.8, 4) is 17.2 Å². The van der Waals surface area contributed by atoms with Gasteiger partial charge in [0.05, 0.1) is 22.1 Å². The van der Waals surface area contributed by atoms with Gasteiger partial charge in [-0.25, -0.2) is 4.68 Å². The molecule has 0 atom stereocenters. The van der Waals surface area contributed by atoms with Gasteiger partial charge in [-0.1, -0.05) is 53.5 Å². The highest BCUT2D eigenvalue weighted by molar-refractivity contribution is 6.35. The van der Waals surface area contributed by atoms with Gasteiger partial charge in [0.15, 0.2) is 5.75 Å². The van der Waals surface area contributed by atoms with E-state index in [1.54, 1.807) is 18.2 Å². The molecule has 0 aliphatic carbocycles. The van der Waals surface area contributed by atoms with Crippen molar-refractivity contribution in [2.24, 2.45) is 10.2 Å². The molecule has 0 saturated heterocycles. The zero-order chi connectivity index (χ0) is 21.1. The molecule has 0 saturated carbocycles. The summed E-state index contributed by atoms with van der Waals surface area (Å²) in [6.07, 6.45) is 0. The molecule has 1 heterocycles. The number of aryl methyl sites for hydroxylation is 1. The third-order valence-corrected chi connectivity index (χ3v) is 5.02. The highest BCUT2D eigenvalue weighted by atomic mass is 35.5.